The number of pyridine rings is 2. The van der Waals surface area contributed by atoms with Crippen molar-refractivity contribution in [3.05, 3.63) is 75.0 Å². The van der Waals surface area contributed by atoms with E-state index in [-0.39, 0.29) is 23.8 Å². The van der Waals surface area contributed by atoms with Crippen LogP contribution in [0.2, 0.25) is 0 Å². The van der Waals surface area contributed by atoms with Crippen LogP contribution in [-0.2, 0) is 13.0 Å². The molecule has 0 aliphatic carbocycles. The van der Waals surface area contributed by atoms with Crippen LogP contribution in [0.3, 0.4) is 0 Å². The van der Waals surface area contributed by atoms with Crippen LogP contribution >= 0.6 is 0 Å². The number of aromatic nitrogens is 2. The van der Waals surface area contributed by atoms with Crippen molar-refractivity contribution in [2.24, 2.45) is 5.73 Å². The molecule has 0 aliphatic heterocycles. The molecule has 1 amide bonds. The van der Waals surface area contributed by atoms with Crippen molar-refractivity contribution >= 4 is 16.9 Å². The zero-order valence-corrected chi connectivity index (χ0v) is 17.7. The van der Waals surface area contributed by atoms with E-state index in [1.807, 2.05) is 6.07 Å². The maximum atomic E-state index is 13.3. The third-order valence-electron chi connectivity index (χ3n) is 5.43. The largest absolute Gasteiger partial charge is 0.365 e. The molecule has 0 spiro atoms. The quantitative estimate of drug-likeness (QED) is 0.555. The summed E-state index contributed by atoms with van der Waals surface area (Å²) in [6.45, 7) is 6.43. The first-order valence-corrected chi connectivity index (χ1v) is 10.4. The van der Waals surface area contributed by atoms with Crippen molar-refractivity contribution in [1.29, 1.82) is 0 Å². The normalized spacial score (nSPS) is 11.4. The summed E-state index contributed by atoms with van der Waals surface area (Å²) in [5.74, 6) is -0.823. The fraction of sp³-hybridized carbons (Fsp3) is 0.375. The summed E-state index contributed by atoms with van der Waals surface area (Å²) in [4.78, 5) is 30.2. The summed E-state index contributed by atoms with van der Waals surface area (Å²) in [5, 5.41) is 0.785. The number of nitrogens with zero attached hydrogens (tertiary/aromatic N) is 2. The standard InChI is InChI=1S/C24H28FN3O2/c1-4-5-6-7-19-20-12-17(15(2)3)13-27-23(20)28(24(30)21(19)22(26)29)14-16-8-10-18(25)11-9-16/h8-13,15H,4-7,14H2,1-3H3,(H2,26,29). The van der Waals surface area contributed by atoms with Gasteiger partial charge in [-0.2, -0.15) is 0 Å². The lowest BCUT2D eigenvalue weighted by atomic mass is 9.95. The van der Waals surface area contributed by atoms with Gasteiger partial charge in [0.1, 0.15) is 17.0 Å². The SMILES string of the molecule is CCCCCc1c(C(N)=O)c(=O)n(Cc2ccc(F)cc2)c2ncc(C(C)C)cc12. The summed E-state index contributed by atoms with van der Waals surface area (Å²) in [6.07, 6.45) is 5.25. The molecule has 30 heavy (non-hydrogen) atoms. The molecule has 0 saturated heterocycles. The molecule has 0 radical (unpaired) electrons. The van der Waals surface area contributed by atoms with Crippen LogP contribution in [0.1, 0.15) is 73.0 Å². The van der Waals surface area contributed by atoms with E-state index < -0.39 is 11.5 Å². The van der Waals surface area contributed by atoms with Crippen molar-refractivity contribution in [1.82, 2.24) is 9.55 Å². The van der Waals surface area contributed by atoms with Crippen molar-refractivity contribution in [2.45, 2.75) is 58.9 Å². The molecule has 2 heterocycles. The minimum absolute atomic E-state index is 0.0309. The molecular weight excluding hydrogens is 381 g/mol. The van der Waals surface area contributed by atoms with Crippen LogP contribution in [-0.4, -0.2) is 15.5 Å². The lowest BCUT2D eigenvalue weighted by Crippen LogP contribution is -2.33. The molecule has 3 aromatic rings. The van der Waals surface area contributed by atoms with Gasteiger partial charge < -0.3 is 5.73 Å². The van der Waals surface area contributed by atoms with Crippen molar-refractivity contribution in [3.63, 3.8) is 0 Å². The Bertz CT molecular complexity index is 1120. The Hall–Kier alpha value is -3.02. The van der Waals surface area contributed by atoms with Crippen LogP contribution < -0.4 is 11.3 Å². The summed E-state index contributed by atoms with van der Waals surface area (Å²) < 4.78 is 14.8. The van der Waals surface area contributed by atoms with Crippen molar-refractivity contribution in [3.8, 4) is 0 Å². The van der Waals surface area contributed by atoms with Crippen LogP contribution in [0.25, 0.3) is 11.0 Å². The number of unbranched alkanes of at least 4 members (excludes halogenated alkanes) is 2. The van der Waals surface area contributed by atoms with Crippen LogP contribution in [0, 0.1) is 5.82 Å². The highest BCUT2D eigenvalue weighted by Crippen LogP contribution is 2.25. The van der Waals surface area contributed by atoms with E-state index in [1.165, 1.54) is 16.7 Å². The molecule has 0 atom stereocenters. The number of nitrogens with two attached hydrogens (primary N) is 1. The Balaban J connectivity index is 2.28. The number of rotatable bonds is 8. The molecule has 1 aromatic carbocycles. The van der Waals surface area contributed by atoms with E-state index in [4.69, 9.17) is 5.73 Å². The lowest BCUT2D eigenvalue weighted by Gasteiger charge is -2.18. The van der Waals surface area contributed by atoms with Gasteiger partial charge in [0.25, 0.3) is 11.5 Å². The smallest absolute Gasteiger partial charge is 0.265 e. The van der Waals surface area contributed by atoms with Gasteiger partial charge in [0, 0.05) is 11.6 Å². The number of halogens is 1. The highest BCUT2D eigenvalue weighted by atomic mass is 19.1. The number of hydrogen-bond acceptors (Lipinski definition) is 3. The number of fused-ring (bicyclic) bond motifs is 1. The number of hydrogen-bond donors (Lipinski definition) is 1. The average molecular weight is 410 g/mol. The summed E-state index contributed by atoms with van der Waals surface area (Å²) in [7, 11) is 0. The summed E-state index contributed by atoms with van der Waals surface area (Å²) in [6, 6.07) is 7.95. The topological polar surface area (TPSA) is 78.0 Å². The average Bonchev–Trinajstić information content (AvgIpc) is 2.71. The van der Waals surface area contributed by atoms with Crippen molar-refractivity contribution < 1.29 is 9.18 Å². The van der Waals surface area contributed by atoms with Crippen LogP contribution in [0.4, 0.5) is 4.39 Å². The Morgan fingerprint density at radius 2 is 1.90 bits per heavy atom. The number of carbonyl (C=O) groups excluding carboxylic acids is 1. The molecule has 0 unspecified atom stereocenters. The van der Waals surface area contributed by atoms with E-state index in [9.17, 15) is 14.0 Å². The number of carbonyl (C=O) groups is 1. The minimum Gasteiger partial charge on any atom is -0.365 e. The predicted molar refractivity (Wildman–Crippen MR) is 117 cm³/mol. The van der Waals surface area contributed by atoms with Crippen LogP contribution in [0.5, 0.6) is 0 Å². The third-order valence-corrected chi connectivity index (χ3v) is 5.43. The fourth-order valence-electron chi connectivity index (χ4n) is 3.71. The number of benzene rings is 1. The van der Waals surface area contributed by atoms with Crippen LogP contribution in [0.15, 0.2) is 41.3 Å². The third kappa shape index (κ3) is 4.42. The molecule has 5 nitrogen and oxygen atoms in total. The fourth-order valence-corrected chi connectivity index (χ4v) is 3.71. The van der Waals surface area contributed by atoms with Gasteiger partial charge >= 0.3 is 0 Å². The van der Waals surface area contributed by atoms with E-state index in [0.29, 0.717) is 17.6 Å². The molecule has 0 fully saturated rings. The maximum Gasteiger partial charge on any atom is 0.265 e. The molecule has 0 aliphatic rings. The number of aryl methyl sites for hydroxylation is 1. The zero-order chi connectivity index (χ0) is 21.8. The van der Waals surface area contributed by atoms with Gasteiger partial charge in [-0.05, 0) is 53.6 Å². The van der Waals surface area contributed by atoms with Crippen molar-refractivity contribution in [2.75, 3.05) is 0 Å². The Morgan fingerprint density at radius 1 is 1.20 bits per heavy atom. The Kier molecular flexibility index (Phi) is 6.65. The van der Waals surface area contributed by atoms with E-state index in [0.717, 1.165) is 35.8 Å². The van der Waals surface area contributed by atoms with Gasteiger partial charge in [0.15, 0.2) is 0 Å². The molecule has 6 heteroatoms. The first-order chi connectivity index (χ1) is 14.3. The Labute approximate surface area is 175 Å². The van der Waals surface area contributed by atoms with E-state index >= 15 is 0 Å². The molecule has 2 aromatic heterocycles. The second-order valence-corrected chi connectivity index (χ2v) is 7.99. The molecule has 0 bridgehead atoms. The highest BCUT2D eigenvalue weighted by Gasteiger charge is 2.22. The predicted octanol–water partition coefficient (Wildman–Crippen LogP) is 4.54. The molecule has 2 N–H and O–H groups in total. The first kappa shape index (κ1) is 21.7. The maximum absolute atomic E-state index is 13.3. The lowest BCUT2D eigenvalue weighted by molar-refractivity contribution is 0.0997. The molecule has 158 valence electrons. The first-order valence-electron chi connectivity index (χ1n) is 10.4. The summed E-state index contributed by atoms with van der Waals surface area (Å²) >= 11 is 0. The van der Waals surface area contributed by atoms with Gasteiger partial charge in [-0.25, -0.2) is 9.37 Å². The molecule has 0 saturated carbocycles. The van der Waals surface area contributed by atoms with E-state index in [1.54, 1.807) is 18.3 Å². The van der Waals surface area contributed by atoms with Gasteiger partial charge in [0.05, 0.1) is 6.54 Å². The summed E-state index contributed by atoms with van der Waals surface area (Å²) in [5.41, 5.74) is 8.22. The minimum atomic E-state index is -0.726. The van der Waals surface area contributed by atoms with E-state index in [2.05, 4.69) is 25.8 Å². The second-order valence-electron chi connectivity index (χ2n) is 7.99. The molecular formula is C24H28FN3O2. The van der Waals surface area contributed by atoms with Gasteiger partial charge in [0.2, 0.25) is 0 Å². The second kappa shape index (κ2) is 9.20. The van der Waals surface area contributed by atoms with Gasteiger partial charge in [-0.15, -0.1) is 0 Å². The Morgan fingerprint density at radius 3 is 2.50 bits per heavy atom. The number of primary amides is 1. The number of amides is 1. The monoisotopic (exact) mass is 409 g/mol. The van der Waals surface area contributed by atoms with Gasteiger partial charge in [-0.3, -0.25) is 14.2 Å². The molecule has 3 rings (SSSR count). The van der Waals surface area contributed by atoms with Gasteiger partial charge in [-0.1, -0.05) is 45.7 Å². The highest BCUT2D eigenvalue weighted by molar-refractivity contribution is 5.98. The zero-order valence-electron chi connectivity index (χ0n) is 17.7.